The van der Waals surface area contributed by atoms with Gasteiger partial charge in [0.2, 0.25) is 5.91 Å². The van der Waals surface area contributed by atoms with Crippen LogP contribution in [-0.2, 0) is 11.2 Å². The predicted octanol–water partition coefficient (Wildman–Crippen LogP) is 2.96. The molecule has 1 aromatic rings. The first-order valence-electron chi connectivity index (χ1n) is 9.82. The number of hydrogen-bond acceptors (Lipinski definition) is 4. The minimum atomic E-state index is 0. The summed E-state index contributed by atoms with van der Waals surface area (Å²) in [6.07, 6.45) is 7.61. The summed E-state index contributed by atoms with van der Waals surface area (Å²) in [6.45, 7) is 4.57. The Labute approximate surface area is 183 Å². The number of rotatable bonds is 6. The third-order valence-electron chi connectivity index (χ3n) is 5.30. The molecule has 1 unspecified atom stereocenters. The summed E-state index contributed by atoms with van der Waals surface area (Å²) in [4.78, 5) is 23.4. The maximum absolute atomic E-state index is 12.5. The zero-order chi connectivity index (χ0) is 18.4. The molecule has 2 heterocycles. The lowest BCUT2D eigenvalue weighted by atomic mass is 10.1. The van der Waals surface area contributed by atoms with Gasteiger partial charge < -0.3 is 15.5 Å². The molecule has 0 aromatic carbocycles. The van der Waals surface area contributed by atoms with Crippen molar-refractivity contribution in [1.29, 1.82) is 0 Å². The molecule has 6 nitrogen and oxygen atoms in total. The molecular formula is C19H32IN5OS. The van der Waals surface area contributed by atoms with Crippen molar-refractivity contribution in [3.63, 3.8) is 0 Å². The van der Waals surface area contributed by atoms with Crippen LogP contribution < -0.4 is 10.6 Å². The summed E-state index contributed by atoms with van der Waals surface area (Å²) in [5.41, 5.74) is 1.10. The second kappa shape index (κ2) is 11.2. The summed E-state index contributed by atoms with van der Waals surface area (Å²) in [5, 5.41) is 10.2. The van der Waals surface area contributed by atoms with Gasteiger partial charge in [-0.25, -0.2) is 4.98 Å². The van der Waals surface area contributed by atoms with E-state index in [9.17, 15) is 4.79 Å². The predicted molar refractivity (Wildman–Crippen MR) is 122 cm³/mol. The molecule has 1 aliphatic heterocycles. The molecule has 8 heteroatoms. The minimum Gasteiger partial charge on any atom is -0.356 e. The lowest BCUT2D eigenvalue weighted by molar-refractivity contribution is -0.134. The Bertz CT molecular complexity index is 629. The number of aliphatic imine (C=N–C) groups is 1. The number of carbonyl (C=O) groups is 1. The lowest BCUT2D eigenvalue weighted by Gasteiger charge is -2.21. The highest BCUT2D eigenvalue weighted by Crippen LogP contribution is 2.27. The van der Waals surface area contributed by atoms with Gasteiger partial charge in [-0.2, -0.15) is 0 Å². The second-order valence-electron chi connectivity index (χ2n) is 7.38. The molecule has 1 atom stereocenters. The summed E-state index contributed by atoms with van der Waals surface area (Å²) >= 11 is 1.73. The van der Waals surface area contributed by atoms with Gasteiger partial charge in [-0.3, -0.25) is 9.79 Å². The maximum atomic E-state index is 12.5. The molecule has 1 saturated heterocycles. The van der Waals surface area contributed by atoms with Crippen LogP contribution in [0.15, 0.2) is 10.4 Å². The van der Waals surface area contributed by atoms with Crippen LogP contribution in [0.25, 0.3) is 0 Å². The van der Waals surface area contributed by atoms with E-state index in [0.717, 1.165) is 63.4 Å². The van der Waals surface area contributed by atoms with E-state index in [1.54, 1.807) is 18.4 Å². The average Bonchev–Trinajstić information content (AvgIpc) is 3.39. The highest BCUT2D eigenvalue weighted by molar-refractivity contribution is 14.0. The van der Waals surface area contributed by atoms with Gasteiger partial charge in [0.05, 0.1) is 5.01 Å². The Morgan fingerprint density at radius 3 is 2.81 bits per heavy atom. The zero-order valence-electron chi connectivity index (χ0n) is 16.4. The number of halogens is 1. The van der Waals surface area contributed by atoms with Crippen molar-refractivity contribution >= 4 is 47.2 Å². The Morgan fingerprint density at radius 2 is 2.15 bits per heavy atom. The van der Waals surface area contributed by atoms with Gasteiger partial charge in [-0.1, -0.05) is 12.8 Å². The fourth-order valence-electron chi connectivity index (χ4n) is 3.86. The first-order chi connectivity index (χ1) is 12.7. The number of nitrogens with one attached hydrogen (secondary N) is 2. The topological polar surface area (TPSA) is 69.6 Å². The zero-order valence-corrected chi connectivity index (χ0v) is 19.5. The Kier molecular flexibility index (Phi) is 9.28. The molecule has 1 aliphatic carbocycles. The quantitative estimate of drug-likeness (QED) is 0.270. The number of carbonyl (C=O) groups excluding carboxylic acids is 1. The van der Waals surface area contributed by atoms with Gasteiger partial charge >= 0.3 is 0 Å². The lowest BCUT2D eigenvalue weighted by Crippen LogP contribution is -2.45. The van der Waals surface area contributed by atoms with Crippen LogP contribution in [0.3, 0.4) is 0 Å². The molecule has 2 fully saturated rings. The Morgan fingerprint density at radius 1 is 1.37 bits per heavy atom. The normalized spacial score (nSPS) is 20.6. The SMILES string of the molecule is CN=C(NCCCc1nc(C)cs1)NC1CCN(C(=O)C2CCCC2)C1.I. The van der Waals surface area contributed by atoms with Gasteiger partial charge in [-0.05, 0) is 32.6 Å². The van der Waals surface area contributed by atoms with Gasteiger partial charge in [-0.15, -0.1) is 35.3 Å². The largest absolute Gasteiger partial charge is 0.356 e. The number of likely N-dealkylation sites (tertiary alicyclic amines) is 1. The molecule has 1 aromatic heterocycles. The molecule has 0 bridgehead atoms. The van der Waals surface area contributed by atoms with Crippen LogP contribution >= 0.6 is 35.3 Å². The van der Waals surface area contributed by atoms with Gasteiger partial charge in [0.1, 0.15) is 0 Å². The first kappa shape index (κ1) is 22.4. The fourth-order valence-corrected chi connectivity index (χ4v) is 4.68. The van der Waals surface area contributed by atoms with Crippen LogP contribution in [0.5, 0.6) is 0 Å². The van der Waals surface area contributed by atoms with Crippen molar-refractivity contribution in [1.82, 2.24) is 20.5 Å². The van der Waals surface area contributed by atoms with E-state index in [4.69, 9.17) is 0 Å². The maximum Gasteiger partial charge on any atom is 0.225 e. The average molecular weight is 505 g/mol. The number of hydrogen-bond donors (Lipinski definition) is 2. The summed E-state index contributed by atoms with van der Waals surface area (Å²) < 4.78 is 0. The van der Waals surface area contributed by atoms with Crippen LogP contribution in [0.4, 0.5) is 0 Å². The molecule has 2 N–H and O–H groups in total. The fraction of sp³-hybridized carbons (Fsp3) is 0.737. The van der Waals surface area contributed by atoms with E-state index in [0.29, 0.717) is 11.9 Å². The smallest absolute Gasteiger partial charge is 0.225 e. The third-order valence-corrected chi connectivity index (χ3v) is 6.32. The molecule has 152 valence electrons. The van der Waals surface area contributed by atoms with Crippen molar-refractivity contribution in [3.05, 3.63) is 16.1 Å². The molecule has 2 aliphatic rings. The number of aromatic nitrogens is 1. The van der Waals surface area contributed by atoms with Crippen LogP contribution in [0.1, 0.15) is 49.2 Å². The first-order valence-corrected chi connectivity index (χ1v) is 10.7. The molecule has 1 amide bonds. The molecule has 3 rings (SSSR count). The molecule has 27 heavy (non-hydrogen) atoms. The molecular weight excluding hydrogens is 473 g/mol. The molecule has 0 radical (unpaired) electrons. The monoisotopic (exact) mass is 505 g/mol. The van der Waals surface area contributed by atoms with E-state index >= 15 is 0 Å². The number of amides is 1. The number of guanidine groups is 1. The number of thiazole rings is 1. The summed E-state index contributed by atoms with van der Waals surface area (Å²) in [5.74, 6) is 1.48. The number of nitrogens with zero attached hydrogens (tertiary/aromatic N) is 3. The van der Waals surface area contributed by atoms with Crippen molar-refractivity contribution in [2.75, 3.05) is 26.7 Å². The molecule has 0 spiro atoms. The van der Waals surface area contributed by atoms with Crippen molar-refractivity contribution < 1.29 is 4.79 Å². The van der Waals surface area contributed by atoms with Crippen LogP contribution in [0, 0.1) is 12.8 Å². The third kappa shape index (κ3) is 6.58. The highest BCUT2D eigenvalue weighted by atomic mass is 127. The Balaban J connectivity index is 0.00000261. The van der Waals surface area contributed by atoms with Gasteiger partial charge in [0, 0.05) is 56.1 Å². The van der Waals surface area contributed by atoms with E-state index < -0.39 is 0 Å². The second-order valence-corrected chi connectivity index (χ2v) is 8.32. The standard InChI is InChI=1S/C19H31N5OS.HI/c1-14-13-26-17(22-14)8-5-10-21-19(20-2)23-16-9-11-24(12-16)18(25)15-6-3-4-7-15;/h13,15-16H,3-12H2,1-2H3,(H2,20,21,23);1H. The summed E-state index contributed by atoms with van der Waals surface area (Å²) in [7, 11) is 1.80. The van der Waals surface area contributed by atoms with Gasteiger partial charge in [0.15, 0.2) is 5.96 Å². The highest BCUT2D eigenvalue weighted by Gasteiger charge is 2.32. The van der Waals surface area contributed by atoms with Crippen molar-refractivity contribution in [2.45, 2.75) is 57.9 Å². The van der Waals surface area contributed by atoms with Gasteiger partial charge in [0.25, 0.3) is 0 Å². The van der Waals surface area contributed by atoms with Crippen LogP contribution in [0.2, 0.25) is 0 Å². The molecule has 1 saturated carbocycles. The van der Waals surface area contributed by atoms with E-state index in [-0.39, 0.29) is 29.9 Å². The van der Waals surface area contributed by atoms with Crippen molar-refractivity contribution in [3.8, 4) is 0 Å². The van der Waals surface area contributed by atoms with E-state index in [2.05, 4.69) is 26.0 Å². The summed E-state index contributed by atoms with van der Waals surface area (Å²) in [6, 6.07) is 0.299. The van der Waals surface area contributed by atoms with Crippen LogP contribution in [-0.4, -0.2) is 54.5 Å². The Hall–Kier alpha value is -0.900. The van der Waals surface area contributed by atoms with E-state index in [1.807, 2.05) is 11.8 Å². The minimum absolute atomic E-state index is 0. The number of aryl methyl sites for hydroxylation is 2. The van der Waals surface area contributed by atoms with E-state index in [1.165, 1.54) is 17.8 Å². The van der Waals surface area contributed by atoms with Crippen molar-refractivity contribution in [2.24, 2.45) is 10.9 Å².